The fourth-order valence-electron chi connectivity index (χ4n) is 2.39. The van der Waals surface area contributed by atoms with Gasteiger partial charge < -0.3 is 9.88 Å². The van der Waals surface area contributed by atoms with Crippen molar-refractivity contribution in [2.24, 2.45) is 0 Å². The number of aromatic nitrogens is 1. The fraction of sp³-hybridized carbons (Fsp3) is 0.412. The molecule has 0 amide bonds. The molecule has 19 heavy (non-hydrogen) atoms. The maximum Gasteiger partial charge on any atom is 0.0359 e. The van der Waals surface area contributed by atoms with E-state index in [-0.39, 0.29) is 0 Å². The average Bonchev–Trinajstić information content (AvgIpc) is 2.88. The van der Waals surface area contributed by atoms with Crippen LogP contribution in [0.15, 0.2) is 48.7 Å². The highest BCUT2D eigenvalue weighted by atomic mass is 15.0. The van der Waals surface area contributed by atoms with Crippen molar-refractivity contribution in [3.05, 3.63) is 59.9 Å². The summed E-state index contributed by atoms with van der Waals surface area (Å²) in [6, 6.07) is 15.0. The molecular formula is C17H24N2. The van der Waals surface area contributed by atoms with Crippen LogP contribution in [0.2, 0.25) is 0 Å². The van der Waals surface area contributed by atoms with Crippen molar-refractivity contribution in [3.8, 4) is 0 Å². The predicted octanol–water partition coefficient (Wildman–Crippen LogP) is 3.79. The van der Waals surface area contributed by atoms with E-state index in [2.05, 4.69) is 72.4 Å². The lowest BCUT2D eigenvalue weighted by molar-refractivity contribution is 0.574. The first-order valence-corrected chi connectivity index (χ1v) is 7.21. The molecule has 1 N–H and O–H groups in total. The van der Waals surface area contributed by atoms with Crippen molar-refractivity contribution >= 4 is 0 Å². The first-order valence-electron chi connectivity index (χ1n) is 7.21. The van der Waals surface area contributed by atoms with Gasteiger partial charge in [0.25, 0.3) is 0 Å². The maximum atomic E-state index is 3.56. The van der Waals surface area contributed by atoms with Crippen LogP contribution >= 0.6 is 0 Å². The number of hydrogen-bond donors (Lipinski definition) is 1. The molecule has 0 radical (unpaired) electrons. The van der Waals surface area contributed by atoms with Gasteiger partial charge in [-0.3, -0.25) is 0 Å². The number of rotatable bonds is 7. The van der Waals surface area contributed by atoms with Crippen LogP contribution in [0.1, 0.15) is 37.4 Å². The summed E-state index contributed by atoms with van der Waals surface area (Å²) in [6.07, 6.45) is 3.35. The molecule has 0 saturated heterocycles. The van der Waals surface area contributed by atoms with Crippen molar-refractivity contribution in [1.82, 2.24) is 9.88 Å². The van der Waals surface area contributed by atoms with E-state index in [1.54, 1.807) is 0 Å². The molecule has 1 atom stereocenters. The van der Waals surface area contributed by atoms with E-state index < -0.39 is 0 Å². The van der Waals surface area contributed by atoms with E-state index in [1.165, 1.54) is 17.7 Å². The second-order valence-corrected chi connectivity index (χ2v) is 5.14. The average molecular weight is 256 g/mol. The summed E-state index contributed by atoms with van der Waals surface area (Å²) in [4.78, 5) is 0. The Labute approximate surface area is 116 Å². The topological polar surface area (TPSA) is 17.0 Å². The number of nitrogens with one attached hydrogen (secondary N) is 1. The van der Waals surface area contributed by atoms with Gasteiger partial charge in [-0.15, -0.1) is 0 Å². The normalized spacial score (nSPS) is 12.5. The molecule has 2 aromatic rings. The van der Waals surface area contributed by atoms with Gasteiger partial charge in [-0.05, 0) is 30.0 Å². The van der Waals surface area contributed by atoms with E-state index in [0.717, 1.165) is 19.6 Å². The summed E-state index contributed by atoms with van der Waals surface area (Å²) in [6.45, 7) is 7.56. The Kier molecular flexibility index (Phi) is 5.22. The van der Waals surface area contributed by atoms with Crippen LogP contribution in [-0.2, 0) is 13.1 Å². The standard InChI is InChI=1S/C17H24N2/c1-3-11-19-12-7-10-17(19)14-18-13-15(2)16-8-5-4-6-9-16/h4-10,12,15,18H,3,11,13-14H2,1-2H3. The van der Waals surface area contributed by atoms with Gasteiger partial charge in [0.1, 0.15) is 0 Å². The first-order chi connectivity index (χ1) is 9.31. The number of nitrogens with zero attached hydrogens (tertiary/aromatic N) is 1. The SMILES string of the molecule is CCCn1cccc1CNCC(C)c1ccccc1. The minimum Gasteiger partial charge on any atom is -0.350 e. The van der Waals surface area contributed by atoms with E-state index in [0.29, 0.717) is 5.92 Å². The summed E-state index contributed by atoms with van der Waals surface area (Å²) >= 11 is 0. The van der Waals surface area contributed by atoms with Crippen molar-refractivity contribution in [1.29, 1.82) is 0 Å². The highest BCUT2D eigenvalue weighted by Crippen LogP contribution is 2.13. The van der Waals surface area contributed by atoms with Gasteiger partial charge in [0.2, 0.25) is 0 Å². The Bertz CT molecular complexity index is 473. The molecule has 0 spiro atoms. The third-order valence-corrected chi connectivity index (χ3v) is 3.51. The molecule has 0 aliphatic heterocycles. The lowest BCUT2D eigenvalue weighted by atomic mass is 10.0. The number of hydrogen-bond acceptors (Lipinski definition) is 1. The molecular weight excluding hydrogens is 232 g/mol. The zero-order valence-corrected chi connectivity index (χ0v) is 12.0. The molecule has 2 nitrogen and oxygen atoms in total. The molecule has 1 heterocycles. The number of benzene rings is 1. The molecule has 1 unspecified atom stereocenters. The van der Waals surface area contributed by atoms with Gasteiger partial charge in [-0.25, -0.2) is 0 Å². The van der Waals surface area contributed by atoms with Crippen molar-refractivity contribution in [2.45, 2.75) is 39.3 Å². The lowest BCUT2D eigenvalue weighted by Gasteiger charge is -2.14. The third kappa shape index (κ3) is 3.97. The second-order valence-electron chi connectivity index (χ2n) is 5.14. The van der Waals surface area contributed by atoms with Crippen LogP contribution < -0.4 is 5.32 Å². The van der Waals surface area contributed by atoms with Crippen LogP contribution in [0, 0.1) is 0 Å². The Hall–Kier alpha value is -1.54. The van der Waals surface area contributed by atoms with Crippen molar-refractivity contribution < 1.29 is 0 Å². The van der Waals surface area contributed by atoms with E-state index in [1.807, 2.05) is 0 Å². The molecule has 0 aliphatic rings. The molecule has 0 saturated carbocycles. The smallest absolute Gasteiger partial charge is 0.0359 e. The van der Waals surface area contributed by atoms with Crippen LogP contribution in [0.5, 0.6) is 0 Å². The van der Waals surface area contributed by atoms with Gasteiger partial charge >= 0.3 is 0 Å². The van der Waals surface area contributed by atoms with E-state index >= 15 is 0 Å². The summed E-state index contributed by atoms with van der Waals surface area (Å²) in [5.74, 6) is 0.552. The fourth-order valence-corrected chi connectivity index (χ4v) is 2.39. The van der Waals surface area contributed by atoms with Gasteiger partial charge in [0, 0.05) is 31.5 Å². The third-order valence-electron chi connectivity index (χ3n) is 3.51. The highest BCUT2D eigenvalue weighted by Gasteiger charge is 2.05. The zero-order chi connectivity index (χ0) is 13.5. The Balaban J connectivity index is 1.81. The first kappa shape index (κ1) is 13.9. The molecule has 102 valence electrons. The summed E-state index contributed by atoms with van der Waals surface area (Å²) in [5.41, 5.74) is 2.78. The molecule has 0 fully saturated rings. The van der Waals surface area contributed by atoms with E-state index in [4.69, 9.17) is 0 Å². The maximum absolute atomic E-state index is 3.56. The molecule has 1 aromatic heterocycles. The van der Waals surface area contributed by atoms with Gasteiger partial charge in [0.15, 0.2) is 0 Å². The summed E-state index contributed by atoms with van der Waals surface area (Å²) in [5, 5.41) is 3.56. The van der Waals surface area contributed by atoms with E-state index in [9.17, 15) is 0 Å². The summed E-state index contributed by atoms with van der Waals surface area (Å²) < 4.78 is 2.33. The Morgan fingerprint density at radius 2 is 1.89 bits per heavy atom. The second kappa shape index (κ2) is 7.15. The van der Waals surface area contributed by atoms with Crippen LogP contribution in [0.3, 0.4) is 0 Å². The van der Waals surface area contributed by atoms with Crippen LogP contribution in [0.25, 0.3) is 0 Å². The van der Waals surface area contributed by atoms with Gasteiger partial charge in [-0.1, -0.05) is 44.2 Å². The molecule has 0 aliphatic carbocycles. The Morgan fingerprint density at radius 1 is 1.11 bits per heavy atom. The monoisotopic (exact) mass is 256 g/mol. The van der Waals surface area contributed by atoms with Crippen molar-refractivity contribution in [2.75, 3.05) is 6.54 Å². The van der Waals surface area contributed by atoms with Crippen LogP contribution in [-0.4, -0.2) is 11.1 Å². The minimum atomic E-state index is 0.552. The largest absolute Gasteiger partial charge is 0.350 e. The molecule has 2 rings (SSSR count). The number of aryl methyl sites for hydroxylation is 1. The highest BCUT2D eigenvalue weighted by molar-refractivity contribution is 5.19. The predicted molar refractivity (Wildman–Crippen MR) is 81.3 cm³/mol. The molecule has 0 bridgehead atoms. The molecule has 1 aromatic carbocycles. The zero-order valence-electron chi connectivity index (χ0n) is 12.0. The van der Waals surface area contributed by atoms with Gasteiger partial charge in [-0.2, -0.15) is 0 Å². The Morgan fingerprint density at radius 3 is 2.63 bits per heavy atom. The van der Waals surface area contributed by atoms with Crippen molar-refractivity contribution in [3.63, 3.8) is 0 Å². The quantitative estimate of drug-likeness (QED) is 0.797. The van der Waals surface area contributed by atoms with Gasteiger partial charge in [0.05, 0.1) is 0 Å². The van der Waals surface area contributed by atoms with Crippen LogP contribution in [0.4, 0.5) is 0 Å². The molecule has 2 heteroatoms. The lowest BCUT2D eigenvalue weighted by Crippen LogP contribution is -2.21. The minimum absolute atomic E-state index is 0.552. The summed E-state index contributed by atoms with van der Waals surface area (Å²) in [7, 11) is 0.